The monoisotopic (exact) mass is 318 g/mol. The minimum absolute atomic E-state index is 0.252. The Morgan fingerprint density at radius 1 is 1.25 bits per heavy atom. The maximum absolute atomic E-state index is 11.7. The fourth-order valence-corrected chi connectivity index (χ4v) is 3.10. The third-order valence-corrected chi connectivity index (χ3v) is 4.21. The molecule has 0 unspecified atom stereocenters. The molecule has 3 rings (SSSR count). The molecule has 2 amide bonds. The van der Waals surface area contributed by atoms with Gasteiger partial charge in [-0.05, 0) is 65.4 Å². The van der Waals surface area contributed by atoms with Crippen LogP contribution in [0, 0.1) is 0 Å². The van der Waals surface area contributed by atoms with Crippen LogP contribution in [-0.4, -0.2) is 11.8 Å². The molecule has 0 spiro atoms. The number of anilines is 1. The van der Waals surface area contributed by atoms with E-state index in [1.165, 1.54) is 6.08 Å². The summed E-state index contributed by atoms with van der Waals surface area (Å²) in [6, 6.07) is 11.3. The van der Waals surface area contributed by atoms with Crippen LogP contribution in [0.15, 0.2) is 55.1 Å². The smallest absolute Gasteiger partial charge is 0.249 e. The van der Waals surface area contributed by atoms with Crippen LogP contribution in [0.3, 0.4) is 0 Å². The van der Waals surface area contributed by atoms with Gasteiger partial charge in [-0.1, -0.05) is 30.9 Å². The highest BCUT2D eigenvalue weighted by atomic mass is 16.1. The van der Waals surface area contributed by atoms with Crippen LogP contribution in [0.4, 0.5) is 5.69 Å². The Morgan fingerprint density at radius 3 is 2.75 bits per heavy atom. The summed E-state index contributed by atoms with van der Waals surface area (Å²) in [5.74, 6) is -0.662. The molecule has 24 heavy (non-hydrogen) atoms. The van der Waals surface area contributed by atoms with Gasteiger partial charge in [0.2, 0.25) is 11.8 Å². The summed E-state index contributed by atoms with van der Waals surface area (Å²) in [6.45, 7) is 5.49. The first-order valence-electron chi connectivity index (χ1n) is 7.68. The Labute approximate surface area is 140 Å². The molecule has 2 aromatic carbocycles. The Kier molecular flexibility index (Phi) is 4.04. The first kappa shape index (κ1) is 15.7. The normalized spacial score (nSPS) is 12.3. The molecule has 0 saturated heterocycles. The lowest BCUT2D eigenvalue weighted by atomic mass is 9.91. The van der Waals surface area contributed by atoms with E-state index < -0.39 is 5.91 Å². The molecule has 0 bridgehead atoms. The Bertz CT molecular complexity index is 895. The number of carbonyl (C=O) groups is 2. The van der Waals surface area contributed by atoms with Crippen molar-refractivity contribution in [1.29, 1.82) is 0 Å². The predicted molar refractivity (Wildman–Crippen MR) is 96.6 cm³/mol. The van der Waals surface area contributed by atoms with E-state index in [0.29, 0.717) is 17.7 Å². The number of amides is 2. The second kappa shape index (κ2) is 6.16. The van der Waals surface area contributed by atoms with Gasteiger partial charge in [-0.3, -0.25) is 9.59 Å². The van der Waals surface area contributed by atoms with Crippen molar-refractivity contribution in [2.24, 2.45) is 5.73 Å². The average molecular weight is 318 g/mol. The second-order valence-corrected chi connectivity index (χ2v) is 5.74. The van der Waals surface area contributed by atoms with Gasteiger partial charge < -0.3 is 11.1 Å². The van der Waals surface area contributed by atoms with Gasteiger partial charge in [-0.15, -0.1) is 0 Å². The Balaban J connectivity index is 2.11. The maximum atomic E-state index is 11.7. The van der Waals surface area contributed by atoms with Gasteiger partial charge >= 0.3 is 0 Å². The Hall–Kier alpha value is -3.14. The van der Waals surface area contributed by atoms with E-state index in [0.717, 1.165) is 27.8 Å². The summed E-state index contributed by atoms with van der Waals surface area (Å²) in [5, 5.41) is 2.76. The molecule has 0 saturated carbocycles. The molecule has 0 heterocycles. The topological polar surface area (TPSA) is 72.2 Å². The molecule has 120 valence electrons. The summed E-state index contributed by atoms with van der Waals surface area (Å²) in [7, 11) is 0. The number of allylic oxidation sites excluding steroid dienone is 2. The highest BCUT2D eigenvalue weighted by Crippen LogP contribution is 2.38. The molecule has 0 atom stereocenters. The van der Waals surface area contributed by atoms with Gasteiger partial charge in [0.1, 0.15) is 0 Å². The quantitative estimate of drug-likeness (QED) is 0.846. The SMILES string of the molecule is C=CC(=O)Nc1cccc(-c2ccc(C(N)=O)c3c2C(C)=CC3)c1. The molecular formula is C20H18N2O2. The molecule has 2 aromatic rings. The van der Waals surface area contributed by atoms with E-state index in [2.05, 4.69) is 18.0 Å². The molecular weight excluding hydrogens is 300 g/mol. The number of nitrogens with one attached hydrogen (secondary N) is 1. The number of primary amides is 1. The first-order valence-corrected chi connectivity index (χ1v) is 7.68. The van der Waals surface area contributed by atoms with Crippen molar-refractivity contribution in [1.82, 2.24) is 0 Å². The predicted octanol–water partition coefficient (Wildman–Crippen LogP) is 3.54. The van der Waals surface area contributed by atoms with Gasteiger partial charge in [0.15, 0.2) is 0 Å². The van der Waals surface area contributed by atoms with Crippen LogP contribution < -0.4 is 11.1 Å². The molecule has 0 radical (unpaired) electrons. The van der Waals surface area contributed by atoms with Crippen molar-refractivity contribution in [2.75, 3.05) is 5.32 Å². The number of benzene rings is 2. The van der Waals surface area contributed by atoms with Gasteiger partial charge in [-0.2, -0.15) is 0 Å². The van der Waals surface area contributed by atoms with Gasteiger partial charge in [-0.25, -0.2) is 0 Å². The lowest BCUT2D eigenvalue weighted by Gasteiger charge is -2.14. The molecule has 1 aliphatic rings. The molecule has 1 aliphatic carbocycles. The van der Waals surface area contributed by atoms with Crippen LogP contribution in [0.5, 0.6) is 0 Å². The van der Waals surface area contributed by atoms with Gasteiger partial charge in [0.25, 0.3) is 0 Å². The Morgan fingerprint density at radius 2 is 2.04 bits per heavy atom. The van der Waals surface area contributed by atoms with E-state index in [9.17, 15) is 9.59 Å². The molecule has 4 nitrogen and oxygen atoms in total. The summed E-state index contributed by atoms with van der Waals surface area (Å²) >= 11 is 0. The fraction of sp³-hybridized carbons (Fsp3) is 0.100. The minimum atomic E-state index is -0.409. The zero-order chi connectivity index (χ0) is 17.3. The van der Waals surface area contributed by atoms with Crippen LogP contribution in [0.2, 0.25) is 0 Å². The zero-order valence-corrected chi connectivity index (χ0v) is 13.4. The molecule has 0 aromatic heterocycles. The third kappa shape index (κ3) is 2.74. The van der Waals surface area contributed by atoms with Gasteiger partial charge in [0.05, 0.1) is 0 Å². The van der Waals surface area contributed by atoms with Crippen molar-refractivity contribution >= 4 is 23.1 Å². The lowest BCUT2D eigenvalue weighted by Crippen LogP contribution is -2.14. The third-order valence-electron chi connectivity index (χ3n) is 4.21. The van der Waals surface area contributed by atoms with Crippen LogP contribution in [-0.2, 0) is 11.2 Å². The molecule has 0 aliphatic heterocycles. The van der Waals surface area contributed by atoms with Crippen molar-refractivity contribution in [3.05, 3.63) is 71.8 Å². The molecule has 4 heteroatoms. The number of carbonyl (C=O) groups excluding carboxylic acids is 2. The molecule has 3 N–H and O–H groups in total. The summed E-state index contributed by atoms with van der Waals surface area (Å²) < 4.78 is 0. The van der Waals surface area contributed by atoms with Gasteiger partial charge in [0, 0.05) is 11.3 Å². The van der Waals surface area contributed by atoms with E-state index in [-0.39, 0.29) is 5.91 Å². The standard InChI is InChI=1S/C20H18N2O2/c1-3-18(23)22-14-6-4-5-13(11-14)15-9-10-17(20(21)24)16-8-7-12(2)19(15)16/h3-7,9-11H,1,8H2,2H3,(H2,21,24)(H,22,23). The van der Waals surface area contributed by atoms with E-state index in [4.69, 9.17) is 5.73 Å². The van der Waals surface area contributed by atoms with Crippen molar-refractivity contribution in [3.63, 3.8) is 0 Å². The summed E-state index contributed by atoms with van der Waals surface area (Å²) in [5.41, 5.74) is 11.9. The number of fused-ring (bicyclic) bond motifs is 1. The number of rotatable bonds is 4. The highest BCUT2D eigenvalue weighted by molar-refractivity contribution is 6.01. The fourth-order valence-electron chi connectivity index (χ4n) is 3.10. The highest BCUT2D eigenvalue weighted by Gasteiger charge is 2.21. The van der Waals surface area contributed by atoms with Crippen LogP contribution in [0.25, 0.3) is 16.7 Å². The zero-order valence-electron chi connectivity index (χ0n) is 13.4. The summed E-state index contributed by atoms with van der Waals surface area (Å²) in [4.78, 5) is 23.2. The van der Waals surface area contributed by atoms with Crippen molar-refractivity contribution in [3.8, 4) is 11.1 Å². The first-order chi connectivity index (χ1) is 11.5. The van der Waals surface area contributed by atoms with Crippen molar-refractivity contribution in [2.45, 2.75) is 13.3 Å². The number of hydrogen-bond acceptors (Lipinski definition) is 2. The largest absolute Gasteiger partial charge is 0.366 e. The van der Waals surface area contributed by atoms with Crippen LogP contribution in [0.1, 0.15) is 28.4 Å². The minimum Gasteiger partial charge on any atom is -0.366 e. The summed E-state index contributed by atoms with van der Waals surface area (Å²) in [6.07, 6.45) is 4.04. The maximum Gasteiger partial charge on any atom is 0.249 e. The lowest BCUT2D eigenvalue weighted by molar-refractivity contribution is -0.111. The average Bonchev–Trinajstić information content (AvgIpc) is 2.96. The van der Waals surface area contributed by atoms with Crippen LogP contribution >= 0.6 is 0 Å². The van der Waals surface area contributed by atoms with E-state index >= 15 is 0 Å². The second-order valence-electron chi connectivity index (χ2n) is 5.74. The van der Waals surface area contributed by atoms with E-state index in [1.54, 1.807) is 6.07 Å². The number of hydrogen-bond donors (Lipinski definition) is 2. The van der Waals surface area contributed by atoms with E-state index in [1.807, 2.05) is 37.3 Å². The molecule has 0 fully saturated rings. The van der Waals surface area contributed by atoms with Crippen molar-refractivity contribution < 1.29 is 9.59 Å². The number of nitrogens with two attached hydrogens (primary N) is 1.